The van der Waals surface area contributed by atoms with Gasteiger partial charge in [0.2, 0.25) is 0 Å². The molecule has 0 unspecified atom stereocenters. The number of fused-ring (bicyclic) bond motifs is 1. The van der Waals surface area contributed by atoms with Gasteiger partial charge in [-0.25, -0.2) is 0 Å². The number of rotatable bonds is 7. The summed E-state index contributed by atoms with van der Waals surface area (Å²) in [7, 11) is 1.82. The molecule has 1 aromatic carbocycles. The van der Waals surface area contributed by atoms with Gasteiger partial charge in [0.1, 0.15) is 5.00 Å². The number of carbonyl (C=O) groups excluding carboxylic acids is 1. The first-order valence-electron chi connectivity index (χ1n) is 10.9. The summed E-state index contributed by atoms with van der Waals surface area (Å²) < 4.78 is 9.38. The molecule has 6 rings (SSSR count). The molecule has 0 spiro atoms. The van der Waals surface area contributed by atoms with Gasteiger partial charge in [-0.15, -0.1) is 22.7 Å². The zero-order chi connectivity index (χ0) is 24.6. The molecule has 1 aliphatic rings. The molecular weight excluding hydrogens is 515 g/mol. The third-order valence-electron chi connectivity index (χ3n) is 5.71. The number of benzene rings is 1. The smallest absolute Gasteiger partial charge is 0.254 e. The molecule has 36 heavy (non-hydrogen) atoms. The highest BCUT2D eigenvalue weighted by atomic mass is 32.2. The summed E-state index contributed by atoms with van der Waals surface area (Å²) >= 11 is 4.11. The Morgan fingerprint density at radius 2 is 1.86 bits per heavy atom. The minimum absolute atomic E-state index is 0.0764. The van der Waals surface area contributed by atoms with Crippen LogP contribution in [0, 0.1) is 0 Å². The summed E-state index contributed by atoms with van der Waals surface area (Å²) in [6.07, 6.45) is 5.12. The van der Waals surface area contributed by atoms with Gasteiger partial charge in [0, 0.05) is 46.7 Å². The minimum Gasteiger partial charge on any atom is -0.355 e. The summed E-state index contributed by atoms with van der Waals surface area (Å²) in [5.74, 6) is 0.734. The highest BCUT2D eigenvalue weighted by Gasteiger charge is 2.24. The van der Waals surface area contributed by atoms with Gasteiger partial charge in [0.25, 0.3) is 5.91 Å². The third-order valence-corrected chi connectivity index (χ3v) is 8.79. The first-order valence-corrected chi connectivity index (χ1v) is 13.3. The van der Waals surface area contributed by atoms with Crippen molar-refractivity contribution < 1.29 is 14.5 Å². The van der Waals surface area contributed by atoms with E-state index < -0.39 is 0 Å². The van der Waals surface area contributed by atoms with E-state index in [1.165, 1.54) is 11.3 Å². The van der Waals surface area contributed by atoms with Crippen LogP contribution in [-0.4, -0.2) is 33.2 Å². The van der Waals surface area contributed by atoms with E-state index in [0.29, 0.717) is 17.3 Å². The van der Waals surface area contributed by atoms with Gasteiger partial charge in [-0.1, -0.05) is 11.2 Å². The lowest BCUT2D eigenvalue weighted by molar-refractivity contribution is 0.0816. The van der Waals surface area contributed by atoms with E-state index in [4.69, 9.17) is 4.52 Å². The van der Waals surface area contributed by atoms with Crippen LogP contribution in [0.1, 0.15) is 15.9 Å². The number of amides is 1. The average molecular weight is 534 g/mol. The van der Waals surface area contributed by atoms with Gasteiger partial charge >= 0.3 is 0 Å². The van der Waals surface area contributed by atoms with Gasteiger partial charge in [0.05, 0.1) is 35.1 Å². The summed E-state index contributed by atoms with van der Waals surface area (Å²) in [5, 5.41) is 14.8. The number of hydrogen-bond acceptors (Lipinski definition) is 10. The first-order chi connectivity index (χ1) is 17.5. The van der Waals surface area contributed by atoms with E-state index in [0.717, 1.165) is 59.2 Å². The Labute approximate surface area is 219 Å². The van der Waals surface area contributed by atoms with Crippen LogP contribution >= 0.6 is 34.8 Å². The van der Waals surface area contributed by atoms with Crippen molar-refractivity contribution in [2.24, 2.45) is 0 Å². The average Bonchev–Trinajstić information content (AvgIpc) is 3.70. The SMILES string of the molecule is CN1Cc2cc(-c3ccc(-c4cncc(NSN(O)c5ccc(-c6ccno6)s5)c4)s3)ccc2C1=O. The van der Waals surface area contributed by atoms with Crippen molar-refractivity contribution in [3.8, 4) is 31.5 Å². The minimum atomic E-state index is 0.0764. The quantitative estimate of drug-likeness (QED) is 0.177. The zero-order valence-corrected chi connectivity index (χ0v) is 21.4. The topological polar surface area (TPSA) is 94.7 Å². The van der Waals surface area contributed by atoms with Crippen molar-refractivity contribution in [3.63, 3.8) is 0 Å². The molecule has 4 aromatic heterocycles. The van der Waals surface area contributed by atoms with Gasteiger partial charge in [-0.05, 0) is 53.6 Å². The number of nitrogens with zero attached hydrogens (tertiary/aromatic N) is 4. The third kappa shape index (κ3) is 4.37. The number of carbonyl (C=O) groups is 1. The molecule has 0 radical (unpaired) electrons. The van der Waals surface area contributed by atoms with Crippen LogP contribution < -0.4 is 9.19 Å². The molecule has 8 nitrogen and oxygen atoms in total. The monoisotopic (exact) mass is 533 g/mol. The number of aromatic nitrogens is 2. The number of hydrogen-bond donors (Lipinski definition) is 2. The summed E-state index contributed by atoms with van der Waals surface area (Å²) in [6.45, 7) is 0.643. The van der Waals surface area contributed by atoms with Crippen molar-refractivity contribution in [2.75, 3.05) is 16.2 Å². The summed E-state index contributed by atoms with van der Waals surface area (Å²) in [5.41, 5.74) is 4.68. The van der Waals surface area contributed by atoms with Crippen LogP contribution in [0.2, 0.25) is 0 Å². The molecule has 5 aromatic rings. The number of pyridine rings is 1. The Bertz CT molecular complexity index is 1550. The normalized spacial score (nSPS) is 12.7. The van der Waals surface area contributed by atoms with E-state index >= 15 is 0 Å². The molecule has 0 atom stereocenters. The highest BCUT2D eigenvalue weighted by Crippen LogP contribution is 2.38. The van der Waals surface area contributed by atoms with Gasteiger partial charge in [-0.3, -0.25) is 15.0 Å². The van der Waals surface area contributed by atoms with Gasteiger partial charge in [-0.2, -0.15) is 4.47 Å². The lowest BCUT2D eigenvalue weighted by Crippen LogP contribution is -2.17. The van der Waals surface area contributed by atoms with Crippen LogP contribution in [0.5, 0.6) is 0 Å². The number of thiophene rings is 2. The van der Waals surface area contributed by atoms with Crippen molar-refractivity contribution in [1.29, 1.82) is 0 Å². The molecule has 5 heterocycles. The predicted molar refractivity (Wildman–Crippen MR) is 144 cm³/mol. The number of anilines is 2. The van der Waals surface area contributed by atoms with Crippen LogP contribution in [0.4, 0.5) is 10.7 Å². The highest BCUT2D eigenvalue weighted by molar-refractivity contribution is 8.01. The Morgan fingerprint density at radius 3 is 2.69 bits per heavy atom. The maximum absolute atomic E-state index is 12.2. The van der Waals surface area contributed by atoms with Crippen LogP contribution in [0.25, 0.3) is 31.5 Å². The lowest BCUT2D eigenvalue weighted by Gasteiger charge is -2.13. The zero-order valence-electron chi connectivity index (χ0n) is 18.9. The fourth-order valence-electron chi connectivity index (χ4n) is 3.94. The lowest BCUT2D eigenvalue weighted by atomic mass is 10.1. The first kappa shape index (κ1) is 22.8. The molecule has 0 saturated heterocycles. The van der Waals surface area contributed by atoms with Crippen LogP contribution in [0.15, 0.2) is 77.7 Å². The Morgan fingerprint density at radius 1 is 1.03 bits per heavy atom. The second-order valence-corrected chi connectivity index (χ2v) is 11.0. The molecule has 11 heteroatoms. The molecule has 0 saturated carbocycles. The summed E-state index contributed by atoms with van der Waals surface area (Å²) in [6, 6.07) is 17.7. The standard InChI is InChI=1S/C25H19N5O3S3/c1-29-14-17-10-15(2-3-19(17)25(29)31)21-4-5-22(34-21)16-11-18(13-26-12-16)28-36-30(32)24-7-6-23(35-24)20-8-9-27-33-20/h2-13,28,32H,14H2,1H3. The van der Waals surface area contributed by atoms with Gasteiger partial charge in [0.15, 0.2) is 5.76 Å². The van der Waals surface area contributed by atoms with E-state index in [2.05, 4.69) is 33.1 Å². The summed E-state index contributed by atoms with van der Waals surface area (Å²) in [4.78, 5) is 21.4. The second-order valence-electron chi connectivity index (χ2n) is 8.14. The second kappa shape index (κ2) is 9.43. The molecule has 1 amide bonds. The Hall–Kier alpha value is -3.64. The van der Waals surface area contributed by atoms with Crippen molar-refractivity contribution in [3.05, 3.63) is 84.3 Å². The molecule has 2 N–H and O–H groups in total. The maximum Gasteiger partial charge on any atom is 0.254 e. The molecule has 0 bridgehead atoms. The van der Waals surface area contributed by atoms with E-state index in [9.17, 15) is 10.0 Å². The van der Waals surface area contributed by atoms with E-state index in [-0.39, 0.29) is 5.91 Å². The largest absolute Gasteiger partial charge is 0.355 e. The molecular formula is C25H19N5O3S3. The van der Waals surface area contributed by atoms with E-state index in [1.807, 2.05) is 43.6 Å². The maximum atomic E-state index is 12.2. The molecule has 1 aliphatic heterocycles. The van der Waals surface area contributed by atoms with Crippen LogP contribution in [-0.2, 0) is 6.54 Å². The Balaban J connectivity index is 1.14. The van der Waals surface area contributed by atoms with E-state index in [1.54, 1.807) is 34.7 Å². The van der Waals surface area contributed by atoms with Gasteiger partial charge < -0.3 is 14.1 Å². The van der Waals surface area contributed by atoms with Crippen molar-refractivity contribution in [2.45, 2.75) is 6.54 Å². The van der Waals surface area contributed by atoms with Crippen molar-refractivity contribution in [1.82, 2.24) is 15.0 Å². The number of nitrogens with one attached hydrogen (secondary N) is 1. The fourth-order valence-corrected chi connectivity index (χ4v) is 6.39. The molecule has 0 fully saturated rings. The molecule has 0 aliphatic carbocycles. The predicted octanol–water partition coefficient (Wildman–Crippen LogP) is 6.65. The Kier molecular flexibility index (Phi) is 5.97. The fraction of sp³-hybridized carbons (Fsp3) is 0.0800. The van der Waals surface area contributed by atoms with Crippen molar-refractivity contribution >= 4 is 51.4 Å². The van der Waals surface area contributed by atoms with Crippen LogP contribution in [0.3, 0.4) is 0 Å². The molecule has 180 valence electrons.